The van der Waals surface area contributed by atoms with Crippen LogP contribution in [0.4, 0.5) is 0 Å². The smallest absolute Gasteiger partial charge is 0.349 e. The Kier molecular flexibility index (Phi) is 2.84. The first-order valence-corrected chi connectivity index (χ1v) is 7.63. The van der Waals surface area contributed by atoms with E-state index in [-0.39, 0.29) is 10.4 Å². The van der Waals surface area contributed by atoms with E-state index >= 15 is 0 Å². The molecule has 0 radical (unpaired) electrons. The molecule has 4 rings (SSSR count). The highest BCUT2D eigenvalue weighted by Gasteiger charge is 2.60. The lowest BCUT2D eigenvalue weighted by atomic mass is 9.40. The normalized spacial score (nSPS) is 47.2. The lowest BCUT2D eigenvalue weighted by Gasteiger charge is -2.65. The van der Waals surface area contributed by atoms with E-state index in [1.807, 2.05) is 0 Å². The van der Waals surface area contributed by atoms with Crippen molar-refractivity contribution < 1.29 is 9.53 Å². The summed E-state index contributed by atoms with van der Waals surface area (Å²) in [6.07, 6.45) is 7.69. The maximum atomic E-state index is 11.5. The summed E-state index contributed by atoms with van der Waals surface area (Å²) in [5.74, 6) is 0.372. The topological polar surface area (TPSA) is 26.3 Å². The van der Waals surface area contributed by atoms with Crippen molar-refractivity contribution in [1.29, 1.82) is 0 Å². The Morgan fingerprint density at radius 1 is 1.21 bits per heavy atom. The van der Waals surface area contributed by atoms with Crippen molar-refractivity contribution in [2.24, 2.45) is 22.2 Å². The van der Waals surface area contributed by atoms with Crippen LogP contribution in [0, 0.1) is 22.2 Å². The third-order valence-corrected chi connectivity index (χ3v) is 5.63. The third kappa shape index (κ3) is 2.33. The van der Waals surface area contributed by atoms with E-state index in [0.29, 0.717) is 17.4 Å². The van der Waals surface area contributed by atoms with Gasteiger partial charge in [0.15, 0.2) is 0 Å². The number of carbonyl (C=O) groups excluding carboxylic acids is 1. The lowest BCUT2D eigenvalue weighted by molar-refractivity contribution is -0.175. The molecule has 0 amide bonds. The van der Waals surface area contributed by atoms with Crippen LogP contribution in [-0.4, -0.2) is 12.6 Å². The SMILES string of the molecule is C=C(Cl)C(=O)OCC12CC3CC(C)(CC(C)(C3)C1)C2. The summed E-state index contributed by atoms with van der Waals surface area (Å²) in [4.78, 5) is 11.5. The summed E-state index contributed by atoms with van der Waals surface area (Å²) in [7, 11) is 0. The average Bonchev–Trinajstić information content (AvgIpc) is 2.20. The van der Waals surface area contributed by atoms with Crippen LogP contribution in [0.15, 0.2) is 11.6 Å². The second-order valence-corrected chi connectivity index (χ2v) is 8.57. The summed E-state index contributed by atoms with van der Waals surface area (Å²) in [5, 5.41) is -0.0119. The molecular formula is C16H23ClO2. The maximum Gasteiger partial charge on any atom is 0.349 e. The molecule has 0 N–H and O–H groups in total. The van der Waals surface area contributed by atoms with Crippen LogP contribution in [-0.2, 0) is 9.53 Å². The molecule has 19 heavy (non-hydrogen) atoms. The molecule has 2 atom stereocenters. The van der Waals surface area contributed by atoms with E-state index < -0.39 is 5.97 Å². The van der Waals surface area contributed by atoms with Crippen LogP contribution in [0.5, 0.6) is 0 Å². The van der Waals surface area contributed by atoms with Gasteiger partial charge in [-0.2, -0.15) is 0 Å². The van der Waals surface area contributed by atoms with Gasteiger partial charge in [0.25, 0.3) is 0 Å². The molecule has 0 heterocycles. The second-order valence-electron chi connectivity index (χ2n) is 8.11. The highest BCUT2D eigenvalue weighted by Crippen LogP contribution is 2.69. The van der Waals surface area contributed by atoms with Crippen LogP contribution in [0.3, 0.4) is 0 Å². The molecule has 4 fully saturated rings. The molecule has 0 aromatic rings. The first kappa shape index (κ1) is 13.5. The number of ether oxygens (including phenoxy) is 1. The summed E-state index contributed by atoms with van der Waals surface area (Å²) < 4.78 is 5.41. The monoisotopic (exact) mass is 282 g/mol. The van der Waals surface area contributed by atoms with E-state index in [2.05, 4.69) is 20.4 Å². The lowest BCUT2D eigenvalue weighted by Crippen LogP contribution is -2.56. The Morgan fingerprint density at radius 2 is 1.79 bits per heavy atom. The standard InChI is InChI=1S/C16H23ClO2/c1-11(17)13(18)19-10-16-6-12-4-14(2,8-16)7-15(3,5-12)9-16/h12H,1,4-10H2,2-3H3. The highest BCUT2D eigenvalue weighted by molar-refractivity contribution is 6.40. The van der Waals surface area contributed by atoms with Gasteiger partial charge in [-0.1, -0.05) is 32.0 Å². The van der Waals surface area contributed by atoms with E-state index in [9.17, 15) is 4.79 Å². The number of carbonyl (C=O) groups is 1. The van der Waals surface area contributed by atoms with E-state index in [4.69, 9.17) is 16.3 Å². The van der Waals surface area contributed by atoms with Gasteiger partial charge >= 0.3 is 5.97 Å². The molecule has 0 spiro atoms. The highest BCUT2D eigenvalue weighted by atomic mass is 35.5. The van der Waals surface area contributed by atoms with E-state index in [1.54, 1.807) is 0 Å². The third-order valence-electron chi connectivity index (χ3n) is 5.47. The van der Waals surface area contributed by atoms with Crippen molar-refractivity contribution in [2.75, 3.05) is 6.61 Å². The van der Waals surface area contributed by atoms with Gasteiger partial charge in [-0.25, -0.2) is 4.79 Å². The molecule has 4 aliphatic rings. The molecule has 4 saturated carbocycles. The van der Waals surface area contributed by atoms with Crippen LogP contribution >= 0.6 is 11.6 Å². The van der Waals surface area contributed by atoms with Gasteiger partial charge in [-0.05, 0) is 55.3 Å². The Labute approximate surface area is 120 Å². The van der Waals surface area contributed by atoms with Crippen molar-refractivity contribution in [3.05, 3.63) is 11.6 Å². The molecule has 3 heteroatoms. The minimum absolute atomic E-state index is 0.0119. The molecule has 0 aromatic heterocycles. The van der Waals surface area contributed by atoms with Gasteiger partial charge in [0.05, 0.1) is 6.61 Å². The summed E-state index contributed by atoms with van der Waals surface area (Å²) in [5.41, 5.74) is 1.11. The molecular weight excluding hydrogens is 260 g/mol. The van der Waals surface area contributed by atoms with Crippen LogP contribution in [0.1, 0.15) is 52.4 Å². The zero-order valence-corrected chi connectivity index (χ0v) is 12.7. The zero-order chi connectivity index (χ0) is 13.9. The minimum Gasteiger partial charge on any atom is -0.461 e. The number of hydrogen-bond acceptors (Lipinski definition) is 2. The van der Waals surface area contributed by atoms with Crippen LogP contribution < -0.4 is 0 Å². The Balaban J connectivity index is 1.77. The molecule has 4 aliphatic carbocycles. The fourth-order valence-corrected chi connectivity index (χ4v) is 6.20. The predicted molar refractivity (Wildman–Crippen MR) is 75.8 cm³/mol. The van der Waals surface area contributed by atoms with E-state index in [1.165, 1.54) is 38.5 Å². The largest absolute Gasteiger partial charge is 0.461 e. The van der Waals surface area contributed by atoms with Gasteiger partial charge in [-0.3, -0.25) is 0 Å². The van der Waals surface area contributed by atoms with Gasteiger partial charge in [-0.15, -0.1) is 0 Å². The van der Waals surface area contributed by atoms with E-state index in [0.717, 1.165) is 5.92 Å². The summed E-state index contributed by atoms with van der Waals surface area (Å²) in [6.45, 7) is 8.81. The van der Waals surface area contributed by atoms with Gasteiger partial charge in [0.2, 0.25) is 0 Å². The van der Waals surface area contributed by atoms with Crippen LogP contribution in [0.25, 0.3) is 0 Å². The Hall–Kier alpha value is -0.500. The van der Waals surface area contributed by atoms with Gasteiger partial charge in [0, 0.05) is 5.41 Å². The second kappa shape index (κ2) is 4.00. The quantitative estimate of drug-likeness (QED) is 0.570. The number of hydrogen-bond donors (Lipinski definition) is 0. The zero-order valence-electron chi connectivity index (χ0n) is 11.9. The average molecular weight is 283 g/mol. The Morgan fingerprint density at radius 3 is 2.26 bits per heavy atom. The fourth-order valence-electron chi connectivity index (χ4n) is 6.14. The van der Waals surface area contributed by atoms with Crippen LogP contribution in [0.2, 0.25) is 0 Å². The summed E-state index contributed by atoms with van der Waals surface area (Å²) in [6, 6.07) is 0. The van der Waals surface area contributed by atoms with Crippen molar-refractivity contribution in [2.45, 2.75) is 52.4 Å². The van der Waals surface area contributed by atoms with Crippen molar-refractivity contribution >= 4 is 17.6 Å². The number of halogens is 1. The van der Waals surface area contributed by atoms with Crippen molar-refractivity contribution in [3.63, 3.8) is 0 Å². The molecule has 0 saturated heterocycles. The number of rotatable bonds is 3. The maximum absolute atomic E-state index is 11.5. The van der Waals surface area contributed by atoms with Crippen molar-refractivity contribution in [3.8, 4) is 0 Å². The molecule has 0 aliphatic heterocycles. The predicted octanol–water partition coefficient (Wildman–Crippen LogP) is 4.28. The Bertz CT molecular complexity index is 424. The first-order valence-electron chi connectivity index (χ1n) is 7.25. The fraction of sp³-hybridized carbons (Fsp3) is 0.812. The molecule has 0 aromatic carbocycles. The number of esters is 1. The van der Waals surface area contributed by atoms with Crippen molar-refractivity contribution in [1.82, 2.24) is 0 Å². The molecule has 2 unspecified atom stereocenters. The molecule has 4 bridgehead atoms. The van der Waals surface area contributed by atoms with Gasteiger partial charge in [0.1, 0.15) is 5.03 Å². The first-order chi connectivity index (χ1) is 8.73. The van der Waals surface area contributed by atoms with Gasteiger partial charge < -0.3 is 4.74 Å². The summed E-state index contributed by atoms with van der Waals surface area (Å²) >= 11 is 5.60. The molecule has 106 valence electrons. The molecule has 2 nitrogen and oxygen atoms in total. The minimum atomic E-state index is -0.451.